The maximum atomic E-state index is 13.4. The second kappa shape index (κ2) is 9.18. The molecule has 35 heavy (non-hydrogen) atoms. The molecule has 1 unspecified atom stereocenters. The van der Waals surface area contributed by atoms with Gasteiger partial charge in [0.2, 0.25) is 0 Å². The van der Waals surface area contributed by atoms with Crippen molar-refractivity contribution in [1.82, 2.24) is 9.47 Å². The molecular formula is C28H26N2O5. The van der Waals surface area contributed by atoms with Crippen molar-refractivity contribution in [3.05, 3.63) is 95.6 Å². The van der Waals surface area contributed by atoms with E-state index in [2.05, 4.69) is 0 Å². The predicted octanol–water partition coefficient (Wildman–Crippen LogP) is 5.18. The third-order valence-corrected chi connectivity index (χ3v) is 6.25. The summed E-state index contributed by atoms with van der Waals surface area (Å²) in [5, 5.41) is 12.3. The molecule has 1 N–H and O–H groups in total. The number of aliphatic hydroxyl groups excluding tert-OH is 1. The Balaban J connectivity index is 1.69. The zero-order chi connectivity index (χ0) is 24.5. The zero-order valence-electron chi connectivity index (χ0n) is 19.6. The lowest BCUT2D eigenvalue weighted by molar-refractivity contribution is -0.140. The highest BCUT2D eigenvalue weighted by atomic mass is 16.5. The Morgan fingerprint density at radius 3 is 2.69 bits per heavy atom. The van der Waals surface area contributed by atoms with Crippen LogP contribution in [0.3, 0.4) is 0 Å². The molecule has 0 radical (unpaired) electrons. The van der Waals surface area contributed by atoms with Crippen LogP contribution in [-0.2, 0) is 23.2 Å². The zero-order valence-corrected chi connectivity index (χ0v) is 19.6. The lowest BCUT2D eigenvalue weighted by Gasteiger charge is -2.24. The molecule has 3 heterocycles. The number of hydrogen-bond acceptors (Lipinski definition) is 5. The highest BCUT2D eigenvalue weighted by Gasteiger charge is 2.47. The van der Waals surface area contributed by atoms with E-state index in [9.17, 15) is 14.7 Å². The molecule has 1 amide bonds. The molecule has 0 spiro atoms. The number of carbonyl (C=O) groups is 2. The van der Waals surface area contributed by atoms with Crippen LogP contribution < -0.4 is 4.74 Å². The number of Topliss-reactive ketones (excluding diaryl/α,β-unsaturated/α-hetero) is 1. The summed E-state index contributed by atoms with van der Waals surface area (Å²) < 4.78 is 13.1. The first-order chi connectivity index (χ1) is 17.0. The van der Waals surface area contributed by atoms with Crippen LogP contribution in [-0.4, -0.2) is 32.9 Å². The van der Waals surface area contributed by atoms with E-state index in [1.807, 2.05) is 49.0 Å². The van der Waals surface area contributed by atoms with Gasteiger partial charge in [-0.25, -0.2) is 0 Å². The second-order valence-electron chi connectivity index (χ2n) is 8.60. The van der Waals surface area contributed by atoms with Gasteiger partial charge in [-0.2, -0.15) is 0 Å². The van der Waals surface area contributed by atoms with E-state index in [1.165, 1.54) is 11.2 Å². The smallest absolute Gasteiger partial charge is 0.296 e. The van der Waals surface area contributed by atoms with Gasteiger partial charge in [-0.15, -0.1) is 0 Å². The van der Waals surface area contributed by atoms with E-state index >= 15 is 0 Å². The molecule has 0 bridgehead atoms. The quantitative estimate of drug-likeness (QED) is 0.229. The molecule has 0 saturated carbocycles. The van der Waals surface area contributed by atoms with Gasteiger partial charge in [0.05, 0.1) is 31.0 Å². The average molecular weight is 471 g/mol. The van der Waals surface area contributed by atoms with Gasteiger partial charge in [-0.3, -0.25) is 9.59 Å². The van der Waals surface area contributed by atoms with Crippen LogP contribution in [0.25, 0.3) is 16.7 Å². The SMILES string of the molecule is CCCOc1cccc(/C(O)=C2\C(=O)C(=O)N(Cc3ccco3)C2c2cn(C)c3ccccc23)c1. The monoisotopic (exact) mass is 470 g/mol. The Bertz CT molecular complexity index is 1430. The average Bonchev–Trinajstić information content (AvgIpc) is 3.57. The molecule has 178 valence electrons. The normalized spacial score (nSPS) is 17.4. The van der Waals surface area contributed by atoms with Crippen molar-refractivity contribution in [1.29, 1.82) is 0 Å². The van der Waals surface area contributed by atoms with Crippen molar-refractivity contribution in [3.63, 3.8) is 0 Å². The van der Waals surface area contributed by atoms with Gasteiger partial charge in [-0.1, -0.05) is 37.3 Å². The first-order valence-corrected chi connectivity index (χ1v) is 11.6. The Labute approximate surface area is 202 Å². The predicted molar refractivity (Wildman–Crippen MR) is 132 cm³/mol. The summed E-state index contributed by atoms with van der Waals surface area (Å²) in [4.78, 5) is 28.1. The molecule has 5 rings (SSSR count). The van der Waals surface area contributed by atoms with Crippen LogP contribution >= 0.6 is 0 Å². The first kappa shape index (κ1) is 22.5. The molecular weight excluding hydrogens is 444 g/mol. The van der Waals surface area contributed by atoms with Crippen LogP contribution in [0.1, 0.15) is 36.3 Å². The summed E-state index contributed by atoms with van der Waals surface area (Å²) in [7, 11) is 1.92. The van der Waals surface area contributed by atoms with Crippen molar-refractivity contribution < 1.29 is 23.8 Å². The molecule has 1 aliphatic heterocycles. The third-order valence-electron chi connectivity index (χ3n) is 6.25. The number of ketones is 1. The summed E-state index contributed by atoms with van der Waals surface area (Å²) in [6, 6.07) is 17.4. The molecule has 1 atom stereocenters. The number of fused-ring (bicyclic) bond motifs is 1. The summed E-state index contributed by atoms with van der Waals surface area (Å²) in [6.07, 6.45) is 4.28. The van der Waals surface area contributed by atoms with E-state index in [1.54, 1.807) is 36.4 Å². The van der Waals surface area contributed by atoms with Crippen LogP contribution in [0.15, 0.2) is 83.1 Å². The van der Waals surface area contributed by atoms with Gasteiger partial charge < -0.3 is 23.7 Å². The van der Waals surface area contributed by atoms with Crippen molar-refractivity contribution in [2.75, 3.05) is 6.61 Å². The molecule has 1 fully saturated rings. The largest absolute Gasteiger partial charge is 0.507 e. The highest BCUT2D eigenvalue weighted by Crippen LogP contribution is 2.43. The van der Waals surface area contributed by atoms with Crippen molar-refractivity contribution in [3.8, 4) is 5.75 Å². The van der Waals surface area contributed by atoms with Crippen LogP contribution in [0.5, 0.6) is 5.75 Å². The molecule has 1 saturated heterocycles. The summed E-state index contributed by atoms with van der Waals surface area (Å²) in [5.74, 6) is -0.508. The lowest BCUT2D eigenvalue weighted by atomic mass is 9.95. The van der Waals surface area contributed by atoms with Gasteiger partial charge in [0.25, 0.3) is 11.7 Å². The summed E-state index contributed by atoms with van der Waals surface area (Å²) in [5.41, 5.74) is 2.18. The Hall–Kier alpha value is -4.26. The summed E-state index contributed by atoms with van der Waals surface area (Å²) >= 11 is 0. The maximum absolute atomic E-state index is 13.4. The first-order valence-electron chi connectivity index (χ1n) is 11.6. The van der Waals surface area contributed by atoms with Gasteiger partial charge in [0, 0.05) is 35.3 Å². The molecule has 0 aliphatic carbocycles. The minimum atomic E-state index is -0.786. The number of ether oxygens (including phenoxy) is 1. The number of hydrogen-bond donors (Lipinski definition) is 1. The van der Waals surface area contributed by atoms with Crippen molar-refractivity contribution in [2.45, 2.75) is 25.9 Å². The summed E-state index contributed by atoms with van der Waals surface area (Å²) in [6.45, 7) is 2.64. The Kier molecular flexibility index (Phi) is 5.91. The molecule has 2 aromatic heterocycles. The molecule has 4 aromatic rings. The Morgan fingerprint density at radius 2 is 1.91 bits per heavy atom. The second-order valence-corrected chi connectivity index (χ2v) is 8.60. The Morgan fingerprint density at radius 1 is 1.09 bits per heavy atom. The molecule has 7 nitrogen and oxygen atoms in total. The molecule has 7 heteroatoms. The number of carbonyl (C=O) groups excluding carboxylic acids is 2. The van der Waals surface area contributed by atoms with Crippen molar-refractivity contribution in [2.24, 2.45) is 7.05 Å². The fraction of sp³-hybridized carbons (Fsp3) is 0.214. The number of para-hydroxylation sites is 1. The van der Waals surface area contributed by atoms with Gasteiger partial charge >= 0.3 is 0 Å². The van der Waals surface area contributed by atoms with E-state index in [4.69, 9.17) is 9.15 Å². The van der Waals surface area contributed by atoms with Crippen molar-refractivity contribution >= 4 is 28.4 Å². The number of rotatable bonds is 7. The molecule has 2 aromatic carbocycles. The van der Waals surface area contributed by atoms with Crippen LogP contribution in [0.4, 0.5) is 0 Å². The molecule has 1 aliphatic rings. The number of nitrogens with zero attached hydrogens (tertiary/aromatic N) is 2. The fourth-order valence-electron chi connectivity index (χ4n) is 4.64. The minimum Gasteiger partial charge on any atom is -0.507 e. The number of aromatic nitrogens is 1. The maximum Gasteiger partial charge on any atom is 0.296 e. The lowest BCUT2D eigenvalue weighted by Crippen LogP contribution is -2.29. The van der Waals surface area contributed by atoms with Gasteiger partial charge in [-0.05, 0) is 36.8 Å². The van der Waals surface area contributed by atoms with Crippen LogP contribution in [0.2, 0.25) is 0 Å². The number of benzene rings is 2. The number of furan rings is 1. The number of aryl methyl sites for hydroxylation is 1. The van der Waals surface area contributed by atoms with E-state index in [-0.39, 0.29) is 17.9 Å². The standard InChI is InChI=1S/C28H26N2O5/c1-3-13-34-19-9-6-8-18(15-19)26(31)24-25(22-17-29(2)23-12-5-4-11-21(22)23)30(28(33)27(24)32)16-20-10-7-14-35-20/h4-12,14-15,17,25,31H,3,13,16H2,1-2H3/b26-24+. The van der Waals surface area contributed by atoms with Gasteiger partial charge in [0.1, 0.15) is 17.3 Å². The highest BCUT2D eigenvalue weighted by molar-refractivity contribution is 6.46. The number of aliphatic hydroxyl groups is 1. The van der Waals surface area contributed by atoms with E-state index in [0.717, 1.165) is 22.9 Å². The van der Waals surface area contributed by atoms with Crippen LogP contribution in [0, 0.1) is 0 Å². The number of amides is 1. The van der Waals surface area contributed by atoms with E-state index in [0.29, 0.717) is 23.7 Å². The minimum absolute atomic E-state index is 0.0468. The number of likely N-dealkylation sites (tertiary alicyclic amines) is 1. The fourth-order valence-corrected chi connectivity index (χ4v) is 4.64. The van der Waals surface area contributed by atoms with Gasteiger partial charge in [0.15, 0.2) is 0 Å². The third kappa shape index (κ3) is 3.99. The topological polar surface area (TPSA) is 84.9 Å². The van der Waals surface area contributed by atoms with E-state index < -0.39 is 17.7 Å².